The van der Waals surface area contributed by atoms with Gasteiger partial charge in [0.05, 0.1) is 17.2 Å². The second-order valence-corrected chi connectivity index (χ2v) is 8.67. The van der Waals surface area contributed by atoms with Gasteiger partial charge in [-0.3, -0.25) is 19.7 Å². The van der Waals surface area contributed by atoms with Gasteiger partial charge < -0.3 is 10.6 Å². The molecular formula is C19H18N4O4S2. The maximum absolute atomic E-state index is 12.2. The summed E-state index contributed by atoms with van der Waals surface area (Å²) in [6.45, 7) is 5.38. The van der Waals surface area contributed by atoms with Crippen molar-refractivity contribution in [2.75, 3.05) is 11.9 Å². The Morgan fingerprint density at radius 3 is 2.59 bits per heavy atom. The summed E-state index contributed by atoms with van der Waals surface area (Å²) in [4.78, 5) is 41.5. The predicted molar refractivity (Wildman–Crippen MR) is 114 cm³/mol. The van der Waals surface area contributed by atoms with Gasteiger partial charge in [-0.25, -0.2) is 4.98 Å². The minimum absolute atomic E-state index is 0.0603. The summed E-state index contributed by atoms with van der Waals surface area (Å²) in [6.07, 6.45) is 0. The number of nitro benzene ring substituents is 1. The highest BCUT2D eigenvalue weighted by atomic mass is 32.1. The summed E-state index contributed by atoms with van der Waals surface area (Å²) in [5.74, 6) is -0.890. The van der Waals surface area contributed by atoms with Crippen molar-refractivity contribution in [1.29, 1.82) is 0 Å². The number of benzene rings is 1. The number of amides is 2. The first-order valence-corrected chi connectivity index (χ1v) is 10.3. The zero-order valence-electron chi connectivity index (χ0n) is 15.9. The van der Waals surface area contributed by atoms with E-state index in [0.29, 0.717) is 10.7 Å². The van der Waals surface area contributed by atoms with Gasteiger partial charge in [-0.05, 0) is 39.0 Å². The fourth-order valence-corrected chi connectivity index (χ4v) is 4.43. The molecule has 0 radical (unpaired) electrons. The van der Waals surface area contributed by atoms with Crippen LogP contribution < -0.4 is 10.6 Å². The molecule has 0 fully saturated rings. The molecular weight excluding hydrogens is 412 g/mol. The molecule has 0 aliphatic carbocycles. The molecule has 0 atom stereocenters. The Labute approximate surface area is 174 Å². The lowest BCUT2D eigenvalue weighted by molar-refractivity contribution is -0.385. The number of carbonyl (C=O) groups excluding carboxylic acids is 2. The molecule has 1 aromatic carbocycles. The number of aryl methyl sites for hydroxylation is 3. The molecule has 0 spiro atoms. The fraction of sp³-hybridized carbons (Fsp3) is 0.211. The van der Waals surface area contributed by atoms with Gasteiger partial charge in [-0.2, -0.15) is 0 Å². The zero-order valence-corrected chi connectivity index (χ0v) is 17.6. The Kier molecular flexibility index (Phi) is 6.04. The van der Waals surface area contributed by atoms with Crippen molar-refractivity contribution in [2.24, 2.45) is 0 Å². The van der Waals surface area contributed by atoms with Gasteiger partial charge in [0, 0.05) is 37.9 Å². The van der Waals surface area contributed by atoms with E-state index in [1.165, 1.54) is 34.4 Å². The third-order valence-electron chi connectivity index (χ3n) is 4.13. The van der Waals surface area contributed by atoms with E-state index in [4.69, 9.17) is 0 Å². The second kappa shape index (κ2) is 8.50. The summed E-state index contributed by atoms with van der Waals surface area (Å²) in [5, 5.41) is 18.4. The zero-order chi connectivity index (χ0) is 21.1. The van der Waals surface area contributed by atoms with Crippen LogP contribution in [-0.4, -0.2) is 28.3 Å². The third kappa shape index (κ3) is 4.84. The normalized spacial score (nSPS) is 10.6. The van der Waals surface area contributed by atoms with Crippen molar-refractivity contribution in [2.45, 2.75) is 20.8 Å². The Morgan fingerprint density at radius 2 is 1.97 bits per heavy atom. The highest BCUT2D eigenvalue weighted by molar-refractivity contribution is 7.14. The molecule has 0 bridgehead atoms. The number of hydrogen-bond acceptors (Lipinski definition) is 7. The molecule has 2 heterocycles. The first-order chi connectivity index (χ1) is 13.7. The number of thiazole rings is 1. The van der Waals surface area contributed by atoms with Crippen molar-refractivity contribution in [3.05, 3.63) is 60.6 Å². The summed E-state index contributed by atoms with van der Waals surface area (Å²) in [6, 6.07) is 6.11. The standard InChI is InChI=1S/C19H18N4O4S2/c1-10-6-13(4-5-16(10)23(26)27)18(25)20-8-17(24)22-19-21-15(9-28-19)14-7-11(2)29-12(14)3/h4-7,9H,8H2,1-3H3,(H,20,25)(H,21,22,24). The summed E-state index contributed by atoms with van der Waals surface area (Å²) in [7, 11) is 0. The molecule has 0 saturated heterocycles. The minimum Gasteiger partial charge on any atom is -0.343 e. The Hall–Kier alpha value is -3.11. The largest absolute Gasteiger partial charge is 0.343 e. The van der Waals surface area contributed by atoms with Gasteiger partial charge in [-0.15, -0.1) is 22.7 Å². The number of anilines is 1. The molecule has 2 aromatic heterocycles. The SMILES string of the molecule is Cc1cc(-c2csc(NC(=O)CNC(=O)c3ccc([N+](=O)[O-])c(C)c3)n2)c(C)s1. The quantitative estimate of drug-likeness (QED) is 0.452. The topological polar surface area (TPSA) is 114 Å². The molecule has 8 nitrogen and oxygen atoms in total. The summed E-state index contributed by atoms with van der Waals surface area (Å²) in [5.41, 5.74) is 2.42. The maximum atomic E-state index is 12.2. The van der Waals surface area contributed by atoms with Crippen molar-refractivity contribution < 1.29 is 14.5 Å². The smallest absolute Gasteiger partial charge is 0.272 e. The number of carbonyl (C=O) groups is 2. The van der Waals surface area contributed by atoms with Crippen LogP contribution in [0.5, 0.6) is 0 Å². The van der Waals surface area contributed by atoms with E-state index < -0.39 is 16.7 Å². The molecule has 10 heteroatoms. The summed E-state index contributed by atoms with van der Waals surface area (Å²) >= 11 is 3.00. The third-order valence-corrected chi connectivity index (χ3v) is 5.86. The van der Waals surface area contributed by atoms with Gasteiger partial charge in [0.2, 0.25) is 5.91 Å². The van der Waals surface area contributed by atoms with E-state index in [-0.39, 0.29) is 17.8 Å². The second-order valence-electron chi connectivity index (χ2n) is 6.35. The van der Waals surface area contributed by atoms with Crippen LogP contribution in [0.1, 0.15) is 25.7 Å². The molecule has 0 unspecified atom stereocenters. The Morgan fingerprint density at radius 1 is 1.21 bits per heavy atom. The average Bonchev–Trinajstić information content (AvgIpc) is 3.24. The van der Waals surface area contributed by atoms with E-state index in [9.17, 15) is 19.7 Å². The molecule has 2 amide bonds. The molecule has 0 aliphatic rings. The lowest BCUT2D eigenvalue weighted by Gasteiger charge is -2.06. The van der Waals surface area contributed by atoms with E-state index in [1.54, 1.807) is 18.3 Å². The lowest BCUT2D eigenvalue weighted by atomic mass is 10.1. The number of nitrogens with zero attached hydrogens (tertiary/aromatic N) is 2. The van der Waals surface area contributed by atoms with Crippen molar-refractivity contribution in [3.63, 3.8) is 0 Å². The molecule has 3 rings (SSSR count). The molecule has 29 heavy (non-hydrogen) atoms. The number of hydrogen-bond donors (Lipinski definition) is 2. The van der Waals surface area contributed by atoms with Crippen LogP contribution >= 0.6 is 22.7 Å². The Balaban J connectivity index is 1.58. The van der Waals surface area contributed by atoms with Crippen molar-refractivity contribution in [1.82, 2.24) is 10.3 Å². The lowest BCUT2D eigenvalue weighted by Crippen LogP contribution is -2.32. The molecule has 150 valence electrons. The van der Waals surface area contributed by atoms with E-state index in [2.05, 4.69) is 21.7 Å². The van der Waals surface area contributed by atoms with Crippen LogP contribution in [0.4, 0.5) is 10.8 Å². The first kappa shape index (κ1) is 20.6. The fourth-order valence-electron chi connectivity index (χ4n) is 2.77. The number of thiophene rings is 1. The molecule has 3 aromatic rings. The molecule has 0 aliphatic heterocycles. The van der Waals surface area contributed by atoms with Crippen molar-refractivity contribution in [3.8, 4) is 11.3 Å². The monoisotopic (exact) mass is 430 g/mol. The van der Waals surface area contributed by atoms with E-state index in [1.807, 2.05) is 19.2 Å². The number of rotatable bonds is 6. The highest BCUT2D eigenvalue weighted by Gasteiger charge is 2.15. The number of nitrogens with one attached hydrogen (secondary N) is 2. The van der Waals surface area contributed by atoms with Crippen LogP contribution in [0.2, 0.25) is 0 Å². The van der Waals surface area contributed by atoms with Gasteiger partial charge in [0.15, 0.2) is 5.13 Å². The predicted octanol–water partition coefficient (Wildman–Crippen LogP) is 4.07. The average molecular weight is 431 g/mol. The molecule has 2 N–H and O–H groups in total. The van der Waals surface area contributed by atoms with Crippen molar-refractivity contribution >= 4 is 45.3 Å². The van der Waals surface area contributed by atoms with E-state index >= 15 is 0 Å². The van der Waals surface area contributed by atoms with Gasteiger partial charge in [0.1, 0.15) is 0 Å². The number of aromatic nitrogens is 1. The molecule has 0 saturated carbocycles. The van der Waals surface area contributed by atoms with Crippen LogP contribution in [0.25, 0.3) is 11.3 Å². The van der Waals surface area contributed by atoms with Gasteiger partial charge in [-0.1, -0.05) is 0 Å². The Bertz CT molecular complexity index is 1100. The van der Waals surface area contributed by atoms with Crippen LogP contribution in [-0.2, 0) is 4.79 Å². The van der Waals surface area contributed by atoms with Crippen LogP contribution in [0.15, 0.2) is 29.6 Å². The van der Waals surface area contributed by atoms with Crippen LogP contribution in [0, 0.1) is 30.9 Å². The van der Waals surface area contributed by atoms with E-state index in [0.717, 1.165) is 16.1 Å². The van der Waals surface area contributed by atoms with Gasteiger partial charge >= 0.3 is 0 Å². The summed E-state index contributed by atoms with van der Waals surface area (Å²) < 4.78 is 0. The van der Waals surface area contributed by atoms with Crippen LogP contribution in [0.3, 0.4) is 0 Å². The maximum Gasteiger partial charge on any atom is 0.272 e. The highest BCUT2D eigenvalue weighted by Crippen LogP contribution is 2.32. The number of nitro groups is 1. The van der Waals surface area contributed by atoms with Gasteiger partial charge in [0.25, 0.3) is 11.6 Å². The minimum atomic E-state index is -0.508. The first-order valence-electron chi connectivity index (χ1n) is 8.60.